The van der Waals surface area contributed by atoms with E-state index in [0.29, 0.717) is 5.56 Å². The minimum atomic E-state index is 0.639. The maximum absolute atomic E-state index is 9.05. The van der Waals surface area contributed by atoms with Crippen molar-refractivity contribution in [3.63, 3.8) is 0 Å². The zero-order valence-electron chi connectivity index (χ0n) is 10.8. The molecular weight excluding hydrogens is 226 g/mol. The third kappa shape index (κ3) is 3.19. The molecule has 2 heterocycles. The van der Waals surface area contributed by atoms with E-state index < -0.39 is 0 Å². The first kappa shape index (κ1) is 12.8. The molecule has 0 amide bonds. The molecule has 0 saturated carbocycles. The Balaban J connectivity index is 1.91. The van der Waals surface area contributed by atoms with E-state index in [-0.39, 0.29) is 0 Å². The molecule has 1 aliphatic heterocycles. The van der Waals surface area contributed by atoms with Crippen LogP contribution in [0.1, 0.15) is 5.56 Å². The molecule has 0 radical (unpaired) electrons. The Bertz CT molecular complexity index is 420. The van der Waals surface area contributed by atoms with Crippen molar-refractivity contribution < 1.29 is 0 Å². The summed E-state index contributed by atoms with van der Waals surface area (Å²) < 4.78 is 0. The van der Waals surface area contributed by atoms with E-state index in [4.69, 9.17) is 5.26 Å². The van der Waals surface area contributed by atoms with E-state index in [9.17, 15) is 0 Å². The molecule has 96 valence electrons. The monoisotopic (exact) mass is 245 g/mol. The third-order valence-electron chi connectivity index (χ3n) is 3.23. The predicted octanol–water partition coefficient (Wildman–Crippen LogP) is 0.295. The Hall–Kier alpha value is -1.64. The summed E-state index contributed by atoms with van der Waals surface area (Å²) in [6, 6.07) is 5.79. The highest BCUT2D eigenvalue weighted by Gasteiger charge is 2.12. The number of pyridine rings is 1. The first-order chi connectivity index (χ1) is 8.81. The number of rotatable bonds is 4. The first-order valence-corrected chi connectivity index (χ1v) is 6.30. The number of hydrogen-bond donors (Lipinski definition) is 1. The number of anilines is 1. The molecule has 1 aromatic heterocycles. The van der Waals surface area contributed by atoms with E-state index in [1.54, 1.807) is 12.3 Å². The SMILES string of the molecule is CN(CCN1CCNCC1)c1ncccc1C#N. The second-order valence-electron chi connectivity index (χ2n) is 4.50. The summed E-state index contributed by atoms with van der Waals surface area (Å²) in [6.07, 6.45) is 1.73. The Kier molecular flexibility index (Phi) is 4.51. The number of aromatic nitrogens is 1. The van der Waals surface area contributed by atoms with Crippen LogP contribution >= 0.6 is 0 Å². The molecule has 5 heteroatoms. The predicted molar refractivity (Wildman–Crippen MR) is 71.5 cm³/mol. The van der Waals surface area contributed by atoms with Gasteiger partial charge >= 0.3 is 0 Å². The van der Waals surface area contributed by atoms with Crippen LogP contribution < -0.4 is 10.2 Å². The maximum Gasteiger partial charge on any atom is 0.146 e. The van der Waals surface area contributed by atoms with E-state index in [2.05, 4.69) is 26.2 Å². The minimum Gasteiger partial charge on any atom is -0.357 e. The molecule has 18 heavy (non-hydrogen) atoms. The summed E-state index contributed by atoms with van der Waals surface area (Å²) in [6.45, 7) is 6.24. The standard InChI is InChI=1S/C13H19N5/c1-17(9-10-18-7-5-15-6-8-18)13-12(11-14)3-2-4-16-13/h2-4,15H,5-10H2,1H3. The molecule has 1 aromatic rings. The van der Waals surface area contributed by atoms with Crippen molar-refractivity contribution in [1.82, 2.24) is 15.2 Å². The number of piperazine rings is 1. The molecule has 0 unspecified atom stereocenters. The summed E-state index contributed by atoms with van der Waals surface area (Å²) in [5.41, 5.74) is 0.639. The van der Waals surface area contributed by atoms with Gasteiger partial charge in [0.25, 0.3) is 0 Å². The molecule has 1 fully saturated rings. The van der Waals surface area contributed by atoms with E-state index in [1.165, 1.54) is 0 Å². The highest BCUT2D eigenvalue weighted by molar-refractivity contribution is 5.52. The molecule has 0 atom stereocenters. The Morgan fingerprint density at radius 1 is 1.50 bits per heavy atom. The molecular formula is C13H19N5. The van der Waals surface area contributed by atoms with Crippen LogP contribution in [0.2, 0.25) is 0 Å². The molecule has 5 nitrogen and oxygen atoms in total. The topological polar surface area (TPSA) is 55.2 Å². The minimum absolute atomic E-state index is 0.639. The Morgan fingerprint density at radius 3 is 3.00 bits per heavy atom. The summed E-state index contributed by atoms with van der Waals surface area (Å²) in [5, 5.41) is 12.4. The normalized spacial score (nSPS) is 16.2. The van der Waals surface area contributed by atoms with Crippen molar-refractivity contribution in [2.45, 2.75) is 0 Å². The molecule has 2 rings (SSSR count). The van der Waals surface area contributed by atoms with Gasteiger partial charge in [0.15, 0.2) is 0 Å². The zero-order valence-corrected chi connectivity index (χ0v) is 10.8. The van der Waals surface area contributed by atoms with Crippen LogP contribution in [0.15, 0.2) is 18.3 Å². The van der Waals surface area contributed by atoms with Gasteiger partial charge in [-0.05, 0) is 12.1 Å². The van der Waals surface area contributed by atoms with Crippen LogP contribution in [-0.2, 0) is 0 Å². The molecule has 0 aliphatic carbocycles. The van der Waals surface area contributed by atoms with E-state index in [1.807, 2.05) is 13.1 Å². The molecule has 1 saturated heterocycles. The Morgan fingerprint density at radius 2 is 2.28 bits per heavy atom. The summed E-state index contributed by atoms with van der Waals surface area (Å²) in [4.78, 5) is 8.77. The van der Waals surface area contributed by atoms with Crippen LogP contribution in [0.5, 0.6) is 0 Å². The van der Waals surface area contributed by atoms with Gasteiger partial charge in [-0.2, -0.15) is 5.26 Å². The van der Waals surface area contributed by atoms with Crippen LogP contribution in [0.25, 0.3) is 0 Å². The smallest absolute Gasteiger partial charge is 0.146 e. The zero-order chi connectivity index (χ0) is 12.8. The van der Waals surface area contributed by atoms with Crippen molar-refractivity contribution in [3.05, 3.63) is 23.9 Å². The summed E-state index contributed by atoms with van der Waals surface area (Å²) in [7, 11) is 1.99. The number of nitrogens with one attached hydrogen (secondary N) is 1. The number of hydrogen-bond acceptors (Lipinski definition) is 5. The van der Waals surface area contributed by atoms with Gasteiger partial charge in [0.05, 0.1) is 5.56 Å². The van der Waals surface area contributed by atoms with Gasteiger partial charge in [0.2, 0.25) is 0 Å². The third-order valence-corrected chi connectivity index (χ3v) is 3.23. The fraction of sp³-hybridized carbons (Fsp3) is 0.538. The van der Waals surface area contributed by atoms with E-state index in [0.717, 1.165) is 45.1 Å². The molecule has 0 bridgehead atoms. The lowest BCUT2D eigenvalue weighted by Gasteiger charge is -2.29. The van der Waals surface area contributed by atoms with Crippen molar-refractivity contribution in [2.24, 2.45) is 0 Å². The second-order valence-corrected chi connectivity index (χ2v) is 4.50. The highest BCUT2D eigenvalue weighted by Crippen LogP contribution is 2.14. The van der Waals surface area contributed by atoms with Gasteiger partial charge in [-0.25, -0.2) is 4.98 Å². The van der Waals surface area contributed by atoms with Gasteiger partial charge in [-0.15, -0.1) is 0 Å². The number of likely N-dealkylation sites (N-methyl/N-ethyl adjacent to an activating group) is 1. The average molecular weight is 245 g/mol. The van der Waals surface area contributed by atoms with Crippen LogP contribution in [-0.4, -0.2) is 56.2 Å². The van der Waals surface area contributed by atoms with Gasteiger partial charge < -0.3 is 10.2 Å². The van der Waals surface area contributed by atoms with Crippen molar-refractivity contribution in [3.8, 4) is 6.07 Å². The molecule has 1 N–H and O–H groups in total. The van der Waals surface area contributed by atoms with Crippen molar-refractivity contribution in [2.75, 3.05) is 51.2 Å². The first-order valence-electron chi connectivity index (χ1n) is 6.30. The van der Waals surface area contributed by atoms with Crippen molar-refractivity contribution in [1.29, 1.82) is 5.26 Å². The Labute approximate surface area is 108 Å². The molecule has 0 spiro atoms. The lowest BCUT2D eigenvalue weighted by Crippen LogP contribution is -2.46. The highest BCUT2D eigenvalue weighted by atomic mass is 15.2. The average Bonchev–Trinajstić information content (AvgIpc) is 2.45. The van der Waals surface area contributed by atoms with E-state index >= 15 is 0 Å². The van der Waals surface area contributed by atoms with Gasteiger partial charge in [0.1, 0.15) is 11.9 Å². The summed E-state index contributed by atoms with van der Waals surface area (Å²) >= 11 is 0. The molecule has 1 aliphatic rings. The second kappa shape index (κ2) is 6.34. The van der Waals surface area contributed by atoms with Gasteiger partial charge in [-0.1, -0.05) is 0 Å². The van der Waals surface area contributed by atoms with Gasteiger partial charge in [0, 0.05) is 52.5 Å². The summed E-state index contributed by atoms with van der Waals surface area (Å²) in [5.74, 6) is 0.773. The maximum atomic E-state index is 9.05. The quantitative estimate of drug-likeness (QED) is 0.826. The van der Waals surface area contributed by atoms with Crippen LogP contribution in [0.3, 0.4) is 0 Å². The fourth-order valence-electron chi connectivity index (χ4n) is 2.12. The van der Waals surface area contributed by atoms with Crippen LogP contribution in [0, 0.1) is 11.3 Å². The van der Waals surface area contributed by atoms with Crippen LogP contribution in [0.4, 0.5) is 5.82 Å². The van der Waals surface area contributed by atoms with Gasteiger partial charge in [-0.3, -0.25) is 4.90 Å². The lowest BCUT2D eigenvalue weighted by atomic mass is 10.2. The number of nitrogens with zero attached hydrogens (tertiary/aromatic N) is 4. The number of nitriles is 1. The van der Waals surface area contributed by atoms with Crippen molar-refractivity contribution >= 4 is 5.82 Å². The lowest BCUT2D eigenvalue weighted by molar-refractivity contribution is 0.246. The molecule has 0 aromatic carbocycles. The fourth-order valence-corrected chi connectivity index (χ4v) is 2.12. The largest absolute Gasteiger partial charge is 0.357 e.